The normalized spacial score (nSPS) is 30.8. The lowest BCUT2D eigenvalue weighted by Gasteiger charge is -2.18. The van der Waals surface area contributed by atoms with Crippen LogP contribution in [0.5, 0.6) is 0 Å². The van der Waals surface area contributed by atoms with E-state index in [9.17, 15) is 9.59 Å². The monoisotopic (exact) mass is 210 g/mol. The van der Waals surface area contributed by atoms with Crippen LogP contribution in [0.4, 0.5) is 4.79 Å². The first-order valence-electron chi connectivity index (χ1n) is 5.06. The summed E-state index contributed by atoms with van der Waals surface area (Å²) in [6.07, 6.45) is 2.85. The van der Waals surface area contributed by atoms with Crippen LogP contribution in [0.25, 0.3) is 0 Å². The second-order valence-corrected chi connectivity index (χ2v) is 3.75. The number of amides is 3. The van der Waals surface area contributed by atoms with E-state index in [1.54, 1.807) is 6.08 Å². The fraction of sp³-hybridized carbons (Fsp3) is 0.600. The van der Waals surface area contributed by atoms with Crippen LogP contribution >= 0.6 is 0 Å². The van der Waals surface area contributed by atoms with Crippen molar-refractivity contribution in [2.45, 2.75) is 24.9 Å². The van der Waals surface area contributed by atoms with Crippen molar-refractivity contribution in [3.8, 4) is 0 Å². The van der Waals surface area contributed by atoms with Gasteiger partial charge in [0.05, 0.1) is 12.6 Å². The van der Waals surface area contributed by atoms with E-state index in [2.05, 4.69) is 11.9 Å². The summed E-state index contributed by atoms with van der Waals surface area (Å²) in [6.45, 7) is 4.64. The van der Waals surface area contributed by atoms with Crippen molar-refractivity contribution in [2.75, 3.05) is 13.2 Å². The molecule has 5 heteroatoms. The smallest absolute Gasteiger partial charge is 0.325 e. The summed E-state index contributed by atoms with van der Waals surface area (Å²) in [5.74, 6) is -0.157. The summed E-state index contributed by atoms with van der Waals surface area (Å²) in [6, 6.07) is -0.828. The van der Waals surface area contributed by atoms with Crippen LogP contribution in [0.3, 0.4) is 0 Å². The minimum absolute atomic E-state index is 0.0904. The number of rotatable bonds is 3. The zero-order valence-electron chi connectivity index (χ0n) is 8.44. The highest BCUT2D eigenvalue weighted by Crippen LogP contribution is 2.19. The number of hydrogen-bond acceptors (Lipinski definition) is 3. The minimum Gasteiger partial charge on any atom is -0.379 e. The Kier molecular flexibility index (Phi) is 2.73. The molecule has 2 heterocycles. The van der Waals surface area contributed by atoms with Crippen LogP contribution in [-0.4, -0.2) is 42.1 Å². The molecule has 2 rings (SSSR count). The highest BCUT2D eigenvalue weighted by atomic mass is 16.5. The van der Waals surface area contributed by atoms with E-state index >= 15 is 0 Å². The van der Waals surface area contributed by atoms with Gasteiger partial charge in [-0.25, -0.2) is 4.79 Å². The maximum atomic E-state index is 11.8. The molecule has 0 spiro atoms. The van der Waals surface area contributed by atoms with E-state index in [0.29, 0.717) is 19.6 Å². The van der Waals surface area contributed by atoms with Gasteiger partial charge >= 0.3 is 6.03 Å². The molecule has 0 radical (unpaired) electrons. The van der Waals surface area contributed by atoms with Crippen molar-refractivity contribution < 1.29 is 14.3 Å². The number of imide groups is 1. The molecular formula is C10H14N2O3. The molecular weight excluding hydrogens is 196 g/mol. The van der Waals surface area contributed by atoms with Gasteiger partial charge in [-0.15, -0.1) is 6.58 Å². The number of urea groups is 1. The van der Waals surface area contributed by atoms with Gasteiger partial charge < -0.3 is 10.1 Å². The van der Waals surface area contributed by atoms with Crippen molar-refractivity contribution in [1.82, 2.24) is 10.2 Å². The van der Waals surface area contributed by atoms with E-state index in [4.69, 9.17) is 4.74 Å². The third-order valence-corrected chi connectivity index (χ3v) is 2.73. The number of carbonyl (C=O) groups excluding carboxylic acids is 2. The first-order valence-corrected chi connectivity index (χ1v) is 5.06. The van der Waals surface area contributed by atoms with Gasteiger partial charge in [0, 0.05) is 6.61 Å². The number of hydrogen-bond donors (Lipinski definition) is 1. The number of nitrogens with one attached hydrogen (secondary N) is 1. The molecule has 0 aromatic rings. The Bertz CT molecular complexity index is 297. The molecule has 2 aliphatic rings. The fourth-order valence-electron chi connectivity index (χ4n) is 1.95. The van der Waals surface area contributed by atoms with Gasteiger partial charge in [-0.3, -0.25) is 9.69 Å². The van der Waals surface area contributed by atoms with E-state index in [-0.39, 0.29) is 18.0 Å². The summed E-state index contributed by atoms with van der Waals surface area (Å²) in [5, 5.41) is 2.64. The van der Waals surface area contributed by atoms with Gasteiger partial charge in [-0.2, -0.15) is 0 Å². The highest BCUT2D eigenvalue weighted by molar-refractivity contribution is 6.04. The minimum atomic E-state index is -0.435. The Balaban J connectivity index is 2.08. The largest absolute Gasteiger partial charge is 0.379 e. The Labute approximate surface area is 88.1 Å². The molecule has 2 fully saturated rings. The maximum Gasteiger partial charge on any atom is 0.325 e. The van der Waals surface area contributed by atoms with Gasteiger partial charge in [-0.05, 0) is 12.8 Å². The summed E-state index contributed by atoms with van der Waals surface area (Å²) >= 11 is 0. The quantitative estimate of drug-likeness (QED) is 0.537. The molecule has 3 amide bonds. The van der Waals surface area contributed by atoms with Crippen molar-refractivity contribution in [3.05, 3.63) is 12.7 Å². The van der Waals surface area contributed by atoms with E-state index in [0.717, 1.165) is 6.42 Å². The molecule has 5 nitrogen and oxygen atoms in total. The average molecular weight is 210 g/mol. The van der Waals surface area contributed by atoms with E-state index in [1.807, 2.05) is 0 Å². The van der Waals surface area contributed by atoms with Crippen LogP contribution in [0.15, 0.2) is 12.7 Å². The van der Waals surface area contributed by atoms with Gasteiger partial charge in [0.1, 0.15) is 6.04 Å². The van der Waals surface area contributed by atoms with Gasteiger partial charge in [0.15, 0.2) is 0 Å². The predicted octanol–water partition coefficient (Wildman–Crippen LogP) is 0.272. The van der Waals surface area contributed by atoms with Crippen LogP contribution < -0.4 is 5.32 Å². The van der Waals surface area contributed by atoms with E-state index < -0.39 is 6.04 Å². The lowest BCUT2D eigenvalue weighted by Crippen LogP contribution is -2.41. The van der Waals surface area contributed by atoms with E-state index in [1.165, 1.54) is 4.90 Å². The molecule has 15 heavy (non-hydrogen) atoms. The van der Waals surface area contributed by atoms with Crippen LogP contribution in [-0.2, 0) is 9.53 Å². The Morgan fingerprint density at radius 2 is 2.40 bits per heavy atom. The molecule has 2 saturated heterocycles. The summed E-state index contributed by atoms with van der Waals surface area (Å²) in [7, 11) is 0. The summed E-state index contributed by atoms with van der Waals surface area (Å²) in [4.78, 5) is 24.7. The first kappa shape index (κ1) is 10.2. The molecule has 0 bridgehead atoms. The molecule has 1 N–H and O–H groups in total. The van der Waals surface area contributed by atoms with Crippen LogP contribution in [0.1, 0.15) is 12.8 Å². The third-order valence-electron chi connectivity index (χ3n) is 2.73. The molecule has 0 saturated carbocycles. The number of carbonyl (C=O) groups is 2. The first-order chi connectivity index (χ1) is 7.24. The van der Waals surface area contributed by atoms with Gasteiger partial charge in [0.2, 0.25) is 0 Å². The second-order valence-electron chi connectivity index (χ2n) is 3.75. The van der Waals surface area contributed by atoms with Gasteiger partial charge in [-0.1, -0.05) is 6.08 Å². The molecule has 2 unspecified atom stereocenters. The Morgan fingerprint density at radius 1 is 1.60 bits per heavy atom. The average Bonchev–Trinajstić information content (AvgIpc) is 2.77. The molecule has 2 atom stereocenters. The summed E-state index contributed by atoms with van der Waals surface area (Å²) < 4.78 is 5.17. The Hall–Kier alpha value is -1.36. The topological polar surface area (TPSA) is 58.6 Å². The van der Waals surface area contributed by atoms with Crippen molar-refractivity contribution in [2.24, 2.45) is 0 Å². The third kappa shape index (κ3) is 1.74. The second kappa shape index (κ2) is 4.02. The zero-order chi connectivity index (χ0) is 10.8. The highest BCUT2D eigenvalue weighted by Gasteiger charge is 2.42. The number of nitrogens with zero attached hydrogens (tertiary/aromatic N) is 1. The number of ether oxygens (including phenoxy) is 1. The summed E-state index contributed by atoms with van der Waals surface area (Å²) in [5.41, 5.74) is 0. The standard InChI is InChI=1S/C10H14N2O3/c1-2-3-8-9(13)12(10(14)11-8)7-4-5-15-6-7/h2,7-8H,1,3-6H2,(H,11,14). The lowest BCUT2D eigenvalue weighted by atomic mass is 10.2. The Morgan fingerprint density at radius 3 is 3.00 bits per heavy atom. The lowest BCUT2D eigenvalue weighted by molar-refractivity contribution is -0.129. The molecule has 0 aromatic carbocycles. The molecule has 82 valence electrons. The van der Waals surface area contributed by atoms with Crippen molar-refractivity contribution in [3.63, 3.8) is 0 Å². The van der Waals surface area contributed by atoms with Crippen molar-refractivity contribution >= 4 is 11.9 Å². The molecule has 2 aliphatic heterocycles. The maximum absolute atomic E-state index is 11.8. The fourth-order valence-corrected chi connectivity index (χ4v) is 1.95. The van der Waals surface area contributed by atoms with Gasteiger partial charge in [0.25, 0.3) is 5.91 Å². The molecule has 0 aromatic heterocycles. The van der Waals surface area contributed by atoms with Crippen LogP contribution in [0, 0.1) is 0 Å². The SMILES string of the molecule is C=CCC1NC(=O)N(C2CCOC2)C1=O. The zero-order valence-corrected chi connectivity index (χ0v) is 8.44. The molecule has 0 aliphatic carbocycles. The predicted molar refractivity (Wildman–Crippen MR) is 53.2 cm³/mol. The van der Waals surface area contributed by atoms with Crippen LogP contribution in [0.2, 0.25) is 0 Å². The van der Waals surface area contributed by atoms with Crippen molar-refractivity contribution in [1.29, 1.82) is 0 Å².